The number of nitrogens with zero attached hydrogens (tertiary/aromatic N) is 1. The summed E-state index contributed by atoms with van der Waals surface area (Å²) >= 11 is 0. The topological polar surface area (TPSA) is 107 Å². The van der Waals surface area contributed by atoms with Crippen molar-refractivity contribution >= 4 is 18.0 Å². The Bertz CT molecular complexity index is 876. The molecule has 9 nitrogen and oxygen atoms in total. The van der Waals surface area contributed by atoms with Crippen LogP contribution in [0.2, 0.25) is 0 Å². The second kappa shape index (κ2) is 10.5. The third kappa shape index (κ3) is 6.13. The minimum atomic E-state index is -0.494. The Kier molecular flexibility index (Phi) is 7.84. The van der Waals surface area contributed by atoms with Crippen molar-refractivity contribution < 1.29 is 28.5 Å². The molecule has 2 N–H and O–H groups in total. The molecule has 0 aliphatic carbocycles. The van der Waals surface area contributed by atoms with Crippen LogP contribution in [0.15, 0.2) is 41.5 Å². The Labute approximate surface area is 168 Å². The Balaban J connectivity index is 1.93. The number of hydrogen-bond donors (Lipinski definition) is 2. The Morgan fingerprint density at radius 2 is 1.55 bits per heavy atom. The van der Waals surface area contributed by atoms with Gasteiger partial charge < -0.3 is 24.3 Å². The highest BCUT2D eigenvalue weighted by atomic mass is 16.5. The lowest BCUT2D eigenvalue weighted by atomic mass is 10.2. The molecule has 0 fully saturated rings. The van der Waals surface area contributed by atoms with Crippen molar-refractivity contribution in [1.82, 2.24) is 10.7 Å². The van der Waals surface area contributed by atoms with E-state index < -0.39 is 11.8 Å². The van der Waals surface area contributed by atoms with Crippen molar-refractivity contribution in [1.29, 1.82) is 0 Å². The van der Waals surface area contributed by atoms with Crippen molar-refractivity contribution in [2.24, 2.45) is 5.10 Å². The van der Waals surface area contributed by atoms with Gasteiger partial charge in [-0.3, -0.25) is 9.59 Å². The van der Waals surface area contributed by atoms with Gasteiger partial charge in [0, 0.05) is 17.2 Å². The molecule has 0 aliphatic heterocycles. The van der Waals surface area contributed by atoms with E-state index in [2.05, 4.69) is 15.8 Å². The smallest absolute Gasteiger partial charge is 0.259 e. The summed E-state index contributed by atoms with van der Waals surface area (Å²) in [5.41, 5.74) is 3.27. The largest absolute Gasteiger partial charge is 0.497 e. The van der Waals surface area contributed by atoms with Crippen molar-refractivity contribution in [3.63, 3.8) is 0 Å². The fraction of sp³-hybridized carbons (Fsp3) is 0.250. The number of amides is 2. The molecule has 0 heterocycles. The zero-order chi connectivity index (χ0) is 21.2. The standard InChI is InChI=1S/C20H23N3O6/c1-26-15-5-6-18(29-4)14(9-15)11-22-23-19(24)12-21-20(25)13-7-16(27-2)10-17(8-13)28-3/h5-11H,12H2,1-4H3,(H,21,25)(H,23,24). The Morgan fingerprint density at radius 3 is 2.14 bits per heavy atom. The van der Waals surface area contributed by atoms with E-state index in [9.17, 15) is 9.59 Å². The number of hydrazone groups is 1. The van der Waals surface area contributed by atoms with Crippen LogP contribution in [0.4, 0.5) is 0 Å². The number of carbonyl (C=O) groups excluding carboxylic acids is 2. The average Bonchev–Trinajstić information content (AvgIpc) is 2.76. The van der Waals surface area contributed by atoms with Gasteiger partial charge in [0.1, 0.15) is 23.0 Å². The van der Waals surface area contributed by atoms with Gasteiger partial charge in [-0.1, -0.05) is 0 Å². The molecule has 2 rings (SSSR count). The fourth-order valence-corrected chi connectivity index (χ4v) is 2.35. The van der Waals surface area contributed by atoms with E-state index in [0.29, 0.717) is 34.1 Å². The molecule has 2 amide bonds. The lowest BCUT2D eigenvalue weighted by Gasteiger charge is -2.09. The highest BCUT2D eigenvalue weighted by Gasteiger charge is 2.11. The zero-order valence-corrected chi connectivity index (χ0v) is 16.6. The maximum atomic E-state index is 12.3. The number of methoxy groups -OCH3 is 4. The summed E-state index contributed by atoms with van der Waals surface area (Å²) in [6.07, 6.45) is 1.42. The molecule has 2 aromatic carbocycles. The molecule has 0 spiro atoms. The van der Waals surface area contributed by atoms with Crippen LogP contribution in [0.3, 0.4) is 0 Å². The van der Waals surface area contributed by atoms with Crippen LogP contribution < -0.4 is 29.7 Å². The van der Waals surface area contributed by atoms with E-state index >= 15 is 0 Å². The first kappa shape index (κ1) is 21.5. The number of hydrogen-bond acceptors (Lipinski definition) is 7. The molecule has 0 atom stereocenters. The monoisotopic (exact) mass is 401 g/mol. The van der Waals surface area contributed by atoms with Crippen molar-refractivity contribution in [2.75, 3.05) is 35.0 Å². The highest BCUT2D eigenvalue weighted by molar-refractivity contribution is 5.97. The number of ether oxygens (including phenoxy) is 4. The van der Waals surface area contributed by atoms with E-state index in [1.807, 2.05) is 0 Å². The van der Waals surface area contributed by atoms with Crippen LogP contribution in [0.1, 0.15) is 15.9 Å². The SMILES string of the molecule is COc1cc(OC)cc(C(=O)NCC(=O)NN=Cc2cc(OC)ccc2OC)c1. The number of carbonyl (C=O) groups is 2. The van der Waals surface area contributed by atoms with Crippen LogP contribution in [-0.4, -0.2) is 53.0 Å². The van der Waals surface area contributed by atoms with Gasteiger partial charge in [0.15, 0.2) is 0 Å². The summed E-state index contributed by atoms with van der Waals surface area (Å²) in [5, 5.41) is 6.39. The highest BCUT2D eigenvalue weighted by Crippen LogP contribution is 2.23. The normalized spacial score (nSPS) is 10.3. The van der Waals surface area contributed by atoms with Crippen molar-refractivity contribution in [3.05, 3.63) is 47.5 Å². The van der Waals surface area contributed by atoms with Crippen LogP contribution >= 0.6 is 0 Å². The third-order valence-corrected chi connectivity index (χ3v) is 3.85. The lowest BCUT2D eigenvalue weighted by Crippen LogP contribution is -2.34. The number of rotatable bonds is 9. The molecule has 0 unspecified atom stereocenters. The second-order valence-electron chi connectivity index (χ2n) is 5.69. The predicted octanol–water partition coefficient (Wildman–Crippen LogP) is 1.60. The summed E-state index contributed by atoms with van der Waals surface area (Å²) in [6.45, 7) is -0.259. The zero-order valence-electron chi connectivity index (χ0n) is 16.6. The molecule has 9 heteroatoms. The summed E-state index contributed by atoms with van der Waals surface area (Å²) in [7, 11) is 6.05. The van der Waals surface area contributed by atoms with E-state index in [0.717, 1.165) is 0 Å². The lowest BCUT2D eigenvalue weighted by molar-refractivity contribution is -0.120. The van der Waals surface area contributed by atoms with E-state index in [1.165, 1.54) is 27.5 Å². The van der Waals surface area contributed by atoms with E-state index in [4.69, 9.17) is 18.9 Å². The first-order valence-electron chi connectivity index (χ1n) is 8.56. The number of benzene rings is 2. The van der Waals surface area contributed by atoms with Gasteiger partial charge in [-0.2, -0.15) is 5.10 Å². The van der Waals surface area contributed by atoms with Crippen molar-refractivity contribution in [3.8, 4) is 23.0 Å². The summed E-state index contributed by atoms with van der Waals surface area (Å²) in [5.74, 6) is 1.19. The first-order valence-corrected chi connectivity index (χ1v) is 8.56. The predicted molar refractivity (Wildman–Crippen MR) is 107 cm³/mol. The Morgan fingerprint density at radius 1 is 0.897 bits per heavy atom. The Hall–Kier alpha value is -3.75. The molecular formula is C20H23N3O6. The van der Waals surface area contributed by atoms with Gasteiger partial charge in [-0.25, -0.2) is 5.43 Å². The van der Waals surface area contributed by atoms with E-state index in [-0.39, 0.29) is 6.54 Å². The molecule has 0 saturated heterocycles. The summed E-state index contributed by atoms with van der Waals surface area (Å²) in [4.78, 5) is 24.2. The molecule has 2 aromatic rings. The van der Waals surface area contributed by atoms with Crippen LogP contribution in [0, 0.1) is 0 Å². The van der Waals surface area contributed by atoms with Gasteiger partial charge in [-0.15, -0.1) is 0 Å². The fourth-order valence-electron chi connectivity index (χ4n) is 2.35. The molecule has 0 saturated carbocycles. The molecule has 0 aromatic heterocycles. The van der Waals surface area contributed by atoms with Gasteiger partial charge in [-0.05, 0) is 30.3 Å². The third-order valence-electron chi connectivity index (χ3n) is 3.85. The molecule has 154 valence electrons. The average molecular weight is 401 g/mol. The first-order chi connectivity index (χ1) is 14.0. The van der Waals surface area contributed by atoms with Crippen LogP contribution in [-0.2, 0) is 4.79 Å². The maximum Gasteiger partial charge on any atom is 0.259 e. The molecule has 0 aliphatic rings. The molecule has 29 heavy (non-hydrogen) atoms. The van der Waals surface area contributed by atoms with Crippen LogP contribution in [0.25, 0.3) is 0 Å². The summed E-state index contributed by atoms with van der Waals surface area (Å²) < 4.78 is 20.6. The quantitative estimate of drug-likeness (QED) is 0.488. The van der Waals surface area contributed by atoms with Gasteiger partial charge in [0.2, 0.25) is 0 Å². The van der Waals surface area contributed by atoms with Crippen molar-refractivity contribution in [2.45, 2.75) is 0 Å². The minimum absolute atomic E-state index is 0.259. The van der Waals surface area contributed by atoms with Crippen LogP contribution in [0.5, 0.6) is 23.0 Å². The van der Waals surface area contributed by atoms with Gasteiger partial charge in [0.25, 0.3) is 11.8 Å². The number of nitrogens with one attached hydrogen (secondary N) is 2. The maximum absolute atomic E-state index is 12.3. The van der Waals surface area contributed by atoms with Gasteiger partial charge >= 0.3 is 0 Å². The molecule has 0 radical (unpaired) electrons. The molecular weight excluding hydrogens is 378 g/mol. The van der Waals surface area contributed by atoms with Gasteiger partial charge in [0.05, 0.1) is 41.2 Å². The molecule has 0 bridgehead atoms. The second-order valence-corrected chi connectivity index (χ2v) is 5.69. The minimum Gasteiger partial charge on any atom is -0.497 e. The van der Waals surface area contributed by atoms with E-state index in [1.54, 1.807) is 43.5 Å². The summed E-state index contributed by atoms with van der Waals surface area (Å²) in [6, 6.07) is 9.92.